The van der Waals surface area contributed by atoms with E-state index in [0.717, 1.165) is 11.1 Å². The fourth-order valence-corrected chi connectivity index (χ4v) is 2.44. The molecular formula is C19H19N3O3. The quantitative estimate of drug-likeness (QED) is 0.757. The van der Waals surface area contributed by atoms with Crippen LogP contribution in [0.2, 0.25) is 0 Å². The van der Waals surface area contributed by atoms with Crippen LogP contribution in [0, 0.1) is 25.2 Å². The number of amides is 1. The van der Waals surface area contributed by atoms with Crippen LogP contribution in [0.5, 0.6) is 0 Å². The molecule has 1 heterocycles. The number of benzene rings is 1. The largest absolute Gasteiger partial charge is 0.452 e. The number of carbonyl (C=O) groups excluding carboxylic acids is 2. The average Bonchev–Trinajstić information content (AvgIpc) is 2.60. The highest BCUT2D eigenvalue weighted by Gasteiger charge is 2.18. The third kappa shape index (κ3) is 5.15. The third-order valence-corrected chi connectivity index (χ3v) is 3.51. The van der Waals surface area contributed by atoms with Gasteiger partial charge in [0, 0.05) is 24.6 Å². The van der Waals surface area contributed by atoms with Gasteiger partial charge >= 0.3 is 5.97 Å². The first kappa shape index (κ1) is 18.1. The van der Waals surface area contributed by atoms with E-state index in [2.05, 4.69) is 4.98 Å². The Kier molecular flexibility index (Phi) is 6.24. The number of esters is 1. The van der Waals surface area contributed by atoms with Crippen molar-refractivity contribution in [3.63, 3.8) is 0 Å². The summed E-state index contributed by atoms with van der Waals surface area (Å²) in [6.45, 7) is 3.73. The van der Waals surface area contributed by atoms with E-state index < -0.39 is 5.97 Å². The molecule has 0 aliphatic carbocycles. The molecule has 1 aromatic carbocycles. The number of rotatable bonds is 6. The van der Waals surface area contributed by atoms with E-state index in [9.17, 15) is 9.59 Å². The van der Waals surface area contributed by atoms with E-state index in [1.54, 1.807) is 0 Å². The van der Waals surface area contributed by atoms with Gasteiger partial charge in [0.1, 0.15) is 0 Å². The molecular weight excluding hydrogens is 318 g/mol. The molecule has 0 N–H and O–H groups in total. The molecule has 0 fully saturated rings. The van der Waals surface area contributed by atoms with Crippen LogP contribution in [0.1, 0.15) is 27.9 Å². The fraction of sp³-hybridized carbons (Fsp3) is 0.263. The summed E-state index contributed by atoms with van der Waals surface area (Å²) in [7, 11) is 0. The standard InChI is InChI=1S/C19H19N3O3/c1-14-10-15(2)12-17(11-14)22(9-3-6-20)18(23)13-25-19(24)16-4-7-21-8-5-16/h4-5,7-8,10-12H,3,9,13H2,1-2H3. The Morgan fingerprint density at radius 1 is 1.16 bits per heavy atom. The first-order valence-electron chi connectivity index (χ1n) is 7.84. The third-order valence-electron chi connectivity index (χ3n) is 3.51. The summed E-state index contributed by atoms with van der Waals surface area (Å²) in [5.41, 5.74) is 3.05. The molecule has 2 aromatic rings. The number of hydrogen-bond donors (Lipinski definition) is 0. The van der Waals surface area contributed by atoms with Gasteiger partial charge in [0.15, 0.2) is 6.61 Å². The minimum absolute atomic E-state index is 0.191. The van der Waals surface area contributed by atoms with Crippen molar-refractivity contribution in [1.29, 1.82) is 5.26 Å². The number of anilines is 1. The van der Waals surface area contributed by atoms with Crippen LogP contribution in [0.3, 0.4) is 0 Å². The zero-order chi connectivity index (χ0) is 18.2. The van der Waals surface area contributed by atoms with E-state index in [1.807, 2.05) is 38.1 Å². The van der Waals surface area contributed by atoms with Crippen LogP contribution in [-0.4, -0.2) is 30.0 Å². The maximum Gasteiger partial charge on any atom is 0.338 e. The van der Waals surface area contributed by atoms with Gasteiger partial charge in [0.05, 0.1) is 18.1 Å². The summed E-state index contributed by atoms with van der Waals surface area (Å²) in [5, 5.41) is 8.84. The number of aryl methyl sites for hydroxylation is 2. The van der Waals surface area contributed by atoms with Crippen LogP contribution >= 0.6 is 0 Å². The van der Waals surface area contributed by atoms with Crippen molar-refractivity contribution in [3.05, 3.63) is 59.4 Å². The lowest BCUT2D eigenvalue weighted by molar-refractivity contribution is -0.121. The molecule has 0 atom stereocenters. The first-order chi connectivity index (χ1) is 12.0. The molecule has 0 aliphatic rings. The van der Waals surface area contributed by atoms with Gasteiger partial charge < -0.3 is 9.64 Å². The van der Waals surface area contributed by atoms with E-state index in [0.29, 0.717) is 11.3 Å². The average molecular weight is 337 g/mol. The molecule has 6 heteroatoms. The summed E-state index contributed by atoms with van der Waals surface area (Å²) in [4.78, 5) is 29.8. The lowest BCUT2D eigenvalue weighted by Gasteiger charge is -2.22. The minimum Gasteiger partial charge on any atom is -0.452 e. The Morgan fingerprint density at radius 2 is 1.80 bits per heavy atom. The smallest absolute Gasteiger partial charge is 0.338 e. The number of hydrogen-bond acceptors (Lipinski definition) is 5. The minimum atomic E-state index is -0.587. The lowest BCUT2D eigenvalue weighted by Crippen LogP contribution is -2.35. The van der Waals surface area contributed by atoms with Gasteiger partial charge in [-0.3, -0.25) is 9.78 Å². The highest BCUT2D eigenvalue weighted by atomic mass is 16.5. The maximum atomic E-state index is 12.5. The second kappa shape index (κ2) is 8.60. The van der Waals surface area contributed by atoms with Crippen LogP contribution in [0.4, 0.5) is 5.69 Å². The Bertz CT molecular complexity index is 777. The van der Waals surface area contributed by atoms with Crippen molar-refractivity contribution >= 4 is 17.6 Å². The van der Waals surface area contributed by atoms with Crippen LogP contribution in [0.25, 0.3) is 0 Å². The highest BCUT2D eigenvalue weighted by molar-refractivity contribution is 5.97. The van der Waals surface area contributed by atoms with Crippen molar-refractivity contribution in [3.8, 4) is 6.07 Å². The Labute approximate surface area is 146 Å². The summed E-state index contributed by atoms with van der Waals surface area (Å²) in [6, 6.07) is 10.8. The number of nitrogens with zero attached hydrogens (tertiary/aromatic N) is 3. The number of carbonyl (C=O) groups is 2. The molecule has 0 bridgehead atoms. The van der Waals surface area contributed by atoms with Crippen LogP contribution in [-0.2, 0) is 9.53 Å². The highest BCUT2D eigenvalue weighted by Crippen LogP contribution is 2.19. The van der Waals surface area contributed by atoms with Gasteiger partial charge in [-0.2, -0.15) is 5.26 Å². The molecule has 0 saturated heterocycles. The molecule has 1 amide bonds. The monoisotopic (exact) mass is 337 g/mol. The predicted octanol–water partition coefficient (Wildman–Crippen LogP) is 2.80. The summed E-state index contributed by atoms with van der Waals surface area (Å²) < 4.78 is 5.09. The van der Waals surface area contributed by atoms with Crippen molar-refractivity contribution < 1.29 is 14.3 Å². The number of pyridine rings is 1. The van der Waals surface area contributed by atoms with Crippen LogP contribution < -0.4 is 4.90 Å². The summed E-state index contributed by atoms with van der Waals surface area (Å²) in [5.74, 6) is -0.959. The number of aromatic nitrogens is 1. The molecule has 0 aliphatic heterocycles. The van der Waals surface area contributed by atoms with Gasteiger partial charge in [0.25, 0.3) is 5.91 Å². The Hall–Kier alpha value is -3.20. The normalized spacial score (nSPS) is 9.96. The molecule has 0 unspecified atom stereocenters. The Balaban J connectivity index is 2.10. The van der Waals surface area contributed by atoms with Gasteiger partial charge in [-0.15, -0.1) is 0 Å². The van der Waals surface area contributed by atoms with Crippen molar-refractivity contribution in [1.82, 2.24) is 4.98 Å². The predicted molar refractivity (Wildman–Crippen MR) is 93.0 cm³/mol. The fourth-order valence-electron chi connectivity index (χ4n) is 2.44. The topological polar surface area (TPSA) is 83.3 Å². The van der Waals surface area contributed by atoms with Gasteiger partial charge in [-0.05, 0) is 49.2 Å². The molecule has 128 valence electrons. The second-order valence-corrected chi connectivity index (χ2v) is 5.61. The van der Waals surface area contributed by atoms with Gasteiger partial charge in [-0.25, -0.2) is 4.79 Å². The summed E-state index contributed by atoms with van der Waals surface area (Å²) >= 11 is 0. The molecule has 1 aromatic heterocycles. The first-order valence-corrected chi connectivity index (χ1v) is 7.84. The maximum absolute atomic E-state index is 12.5. The van der Waals surface area contributed by atoms with E-state index in [1.165, 1.54) is 29.4 Å². The molecule has 0 radical (unpaired) electrons. The zero-order valence-electron chi connectivity index (χ0n) is 14.2. The SMILES string of the molecule is Cc1cc(C)cc(N(CCC#N)C(=O)COC(=O)c2ccncc2)c1. The molecule has 0 spiro atoms. The number of ether oxygens (including phenoxy) is 1. The molecule has 0 saturated carbocycles. The number of nitriles is 1. The van der Waals surface area contributed by atoms with Gasteiger partial charge in [0.2, 0.25) is 0 Å². The lowest BCUT2D eigenvalue weighted by atomic mass is 10.1. The van der Waals surface area contributed by atoms with Crippen LogP contribution in [0.15, 0.2) is 42.7 Å². The zero-order valence-corrected chi connectivity index (χ0v) is 14.2. The molecule has 25 heavy (non-hydrogen) atoms. The van der Waals surface area contributed by atoms with E-state index in [4.69, 9.17) is 10.00 Å². The Morgan fingerprint density at radius 3 is 2.40 bits per heavy atom. The van der Waals surface area contributed by atoms with E-state index in [-0.39, 0.29) is 25.5 Å². The summed E-state index contributed by atoms with van der Waals surface area (Å²) in [6.07, 6.45) is 3.15. The van der Waals surface area contributed by atoms with Crippen molar-refractivity contribution in [2.45, 2.75) is 20.3 Å². The second-order valence-electron chi connectivity index (χ2n) is 5.61. The van der Waals surface area contributed by atoms with Crippen molar-refractivity contribution in [2.24, 2.45) is 0 Å². The van der Waals surface area contributed by atoms with Gasteiger partial charge in [-0.1, -0.05) is 6.07 Å². The van der Waals surface area contributed by atoms with E-state index >= 15 is 0 Å². The van der Waals surface area contributed by atoms with Crippen molar-refractivity contribution in [2.75, 3.05) is 18.1 Å². The molecule has 6 nitrogen and oxygen atoms in total. The molecule has 2 rings (SSSR count).